The Morgan fingerprint density at radius 2 is 2.12 bits per heavy atom. The standard InChI is InChI=1S/C13H20N2O2/c1-11-5-3-4-6-12(11)9-14-10-13(16)15-7-8-17-2/h3-6,14H,7-10H2,1-2H3,(H,15,16). The van der Waals surface area contributed by atoms with Crippen LogP contribution in [-0.2, 0) is 16.1 Å². The Hall–Kier alpha value is -1.39. The lowest BCUT2D eigenvalue weighted by Gasteiger charge is -2.08. The molecule has 1 amide bonds. The van der Waals surface area contributed by atoms with Crippen LogP contribution in [0, 0.1) is 6.92 Å². The van der Waals surface area contributed by atoms with Crippen molar-refractivity contribution in [3.63, 3.8) is 0 Å². The van der Waals surface area contributed by atoms with Crippen molar-refractivity contribution in [2.45, 2.75) is 13.5 Å². The maximum Gasteiger partial charge on any atom is 0.234 e. The Morgan fingerprint density at radius 3 is 2.82 bits per heavy atom. The SMILES string of the molecule is COCCNC(=O)CNCc1ccccc1C. The Bertz CT molecular complexity index is 353. The van der Waals surface area contributed by atoms with Gasteiger partial charge in [-0.05, 0) is 18.1 Å². The summed E-state index contributed by atoms with van der Waals surface area (Å²) in [7, 11) is 1.61. The summed E-state index contributed by atoms with van der Waals surface area (Å²) >= 11 is 0. The van der Waals surface area contributed by atoms with Gasteiger partial charge in [-0.15, -0.1) is 0 Å². The van der Waals surface area contributed by atoms with Crippen molar-refractivity contribution >= 4 is 5.91 Å². The lowest BCUT2D eigenvalue weighted by atomic mass is 10.1. The Labute approximate surface area is 102 Å². The van der Waals surface area contributed by atoms with E-state index < -0.39 is 0 Å². The van der Waals surface area contributed by atoms with Gasteiger partial charge in [0.2, 0.25) is 5.91 Å². The van der Waals surface area contributed by atoms with Gasteiger partial charge in [-0.25, -0.2) is 0 Å². The van der Waals surface area contributed by atoms with Crippen LogP contribution in [0.25, 0.3) is 0 Å². The molecule has 0 bridgehead atoms. The normalized spacial score (nSPS) is 10.2. The highest BCUT2D eigenvalue weighted by Gasteiger charge is 2.00. The number of amides is 1. The van der Waals surface area contributed by atoms with Gasteiger partial charge in [0.15, 0.2) is 0 Å². The van der Waals surface area contributed by atoms with E-state index in [-0.39, 0.29) is 5.91 Å². The molecule has 1 aromatic carbocycles. The minimum absolute atomic E-state index is 0.00404. The fourth-order valence-corrected chi connectivity index (χ4v) is 1.47. The number of rotatable bonds is 7. The Morgan fingerprint density at radius 1 is 1.35 bits per heavy atom. The number of carbonyl (C=O) groups excluding carboxylic acids is 1. The molecule has 0 unspecified atom stereocenters. The third kappa shape index (κ3) is 5.47. The topological polar surface area (TPSA) is 50.4 Å². The van der Waals surface area contributed by atoms with Crippen LogP contribution >= 0.6 is 0 Å². The summed E-state index contributed by atoms with van der Waals surface area (Å²) in [6.07, 6.45) is 0. The summed E-state index contributed by atoms with van der Waals surface area (Å²) in [5.41, 5.74) is 2.46. The number of hydrogen-bond acceptors (Lipinski definition) is 3. The first-order valence-corrected chi connectivity index (χ1v) is 5.75. The van der Waals surface area contributed by atoms with Gasteiger partial charge >= 0.3 is 0 Å². The van der Waals surface area contributed by atoms with Crippen LogP contribution in [-0.4, -0.2) is 32.7 Å². The van der Waals surface area contributed by atoms with Crippen LogP contribution in [0.5, 0.6) is 0 Å². The zero-order chi connectivity index (χ0) is 12.5. The van der Waals surface area contributed by atoms with Gasteiger partial charge in [-0.2, -0.15) is 0 Å². The molecule has 0 aliphatic heterocycles. The lowest BCUT2D eigenvalue weighted by molar-refractivity contribution is -0.120. The van der Waals surface area contributed by atoms with Gasteiger partial charge in [0.1, 0.15) is 0 Å². The fourth-order valence-electron chi connectivity index (χ4n) is 1.47. The predicted octanol–water partition coefficient (Wildman–Crippen LogP) is 0.847. The van der Waals surface area contributed by atoms with E-state index in [0.29, 0.717) is 26.2 Å². The fraction of sp³-hybridized carbons (Fsp3) is 0.462. The molecule has 4 nitrogen and oxygen atoms in total. The first-order chi connectivity index (χ1) is 8.24. The molecule has 0 aromatic heterocycles. The largest absolute Gasteiger partial charge is 0.383 e. The molecule has 0 atom stereocenters. The minimum atomic E-state index is -0.00404. The third-order valence-electron chi connectivity index (χ3n) is 2.49. The summed E-state index contributed by atoms with van der Waals surface area (Å²) in [6.45, 7) is 4.21. The zero-order valence-corrected chi connectivity index (χ0v) is 10.5. The molecule has 0 saturated carbocycles. The average Bonchev–Trinajstić information content (AvgIpc) is 2.32. The number of ether oxygens (including phenoxy) is 1. The van der Waals surface area contributed by atoms with Gasteiger partial charge in [-0.3, -0.25) is 4.79 Å². The van der Waals surface area contributed by atoms with E-state index in [2.05, 4.69) is 29.7 Å². The quantitative estimate of drug-likeness (QED) is 0.690. The van der Waals surface area contributed by atoms with Crippen molar-refractivity contribution in [1.29, 1.82) is 0 Å². The molecule has 4 heteroatoms. The van der Waals surface area contributed by atoms with E-state index in [0.717, 1.165) is 0 Å². The molecule has 17 heavy (non-hydrogen) atoms. The maximum atomic E-state index is 11.4. The summed E-state index contributed by atoms with van der Waals surface area (Å²) < 4.78 is 4.85. The molecule has 0 aliphatic carbocycles. The van der Waals surface area contributed by atoms with Crippen molar-refractivity contribution in [3.05, 3.63) is 35.4 Å². The van der Waals surface area contributed by atoms with E-state index in [1.807, 2.05) is 12.1 Å². The second kappa shape index (κ2) is 7.81. The van der Waals surface area contributed by atoms with Crippen LogP contribution < -0.4 is 10.6 Å². The number of methoxy groups -OCH3 is 1. The van der Waals surface area contributed by atoms with Crippen LogP contribution in [0.3, 0.4) is 0 Å². The molecule has 0 saturated heterocycles. The van der Waals surface area contributed by atoms with Crippen LogP contribution in [0.1, 0.15) is 11.1 Å². The second-order valence-corrected chi connectivity index (χ2v) is 3.87. The van der Waals surface area contributed by atoms with Crippen molar-refractivity contribution in [2.24, 2.45) is 0 Å². The molecular weight excluding hydrogens is 216 g/mol. The van der Waals surface area contributed by atoms with Crippen LogP contribution in [0.2, 0.25) is 0 Å². The van der Waals surface area contributed by atoms with Crippen molar-refractivity contribution < 1.29 is 9.53 Å². The molecular formula is C13H20N2O2. The minimum Gasteiger partial charge on any atom is -0.383 e. The smallest absolute Gasteiger partial charge is 0.234 e. The number of carbonyl (C=O) groups is 1. The van der Waals surface area contributed by atoms with Gasteiger partial charge in [0.05, 0.1) is 13.2 Å². The van der Waals surface area contributed by atoms with E-state index in [1.165, 1.54) is 11.1 Å². The Balaban J connectivity index is 2.19. The predicted molar refractivity (Wildman–Crippen MR) is 67.8 cm³/mol. The first kappa shape index (κ1) is 13.7. The van der Waals surface area contributed by atoms with E-state index in [4.69, 9.17) is 4.74 Å². The van der Waals surface area contributed by atoms with Crippen LogP contribution in [0.4, 0.5) is 0 Å². The number of hydrogen-bond donors (Lipinski definition) is 2. The first-order valence-electron chi connectivity index (χ1n) is 5.75. The number of benzene rings is 1. The average molecular weight is 236 g/mol. The van der Waals surface area contributed by atoms with Gasteiger partial charge in [-0.1, -0.05) is 24.3 Å². The number of nitrogens with one attached hydrogen (secondary N) is 2. The second-order valence-electron chi connectivity index (χ2n) is 3.87. The van der Waals surface area contributed by atoms with E-state index in [9.17, 15) is 4.79 Å². The van der Waals surface area contributed by atoms with E-state index in [1.54, 1.807) is 7.11 Å². The molecule has 1 rings (SSSR count). The highest BCUT2D eigenvalue weighted by Crippen LogP contribution is 2.05. The third-order valence-corrected chi connectivity index (χ3v) is 2.49. The maximum absolute atomic E-state index is 11.4. The van der Waals surface area contributed by atoms with Gasteiger partial charge < -0.3 is 15.4 Å². The van der Waals surface area contributed by atoms with Crippen molar-refractivity contribution in [3.8, 4) is 0 Å². The molecule has 0 spiro atoms. The molecule has 0 radical (unpaired) electrons. The number of aryl methyl sites for hydroxylation is 1. The van der Waals surface area contributed by atoms with Crippen molar-refractivity contribution in [1.82, 2.24) is 10.6 Å². The molecule has 0 heterocycles. The highest BCUT2D eigenvalue weighted by molar-refractivity contribution is 5.77. The highest BCUT2D eigenvalue weighted by atomic mass is 16.5. The summed E-state index contributed by atoms with van der Waals surface area (Å²) in [5, 5.41) is 5.87. The molecule has 0 fully saturated rings. The van der Waals surface area contributed by atoms with E-state index >= 15 is 0 Å². The summed E-state index contributed by atoms with van der Waals surface area (Å²) in [6, 6.07) is 8.14. The summed E-state index contributed by atoms with van der Waals surface area (Å²) in [4.78, 5) is 11.4. The van der Waals surface area contributed by atoms with Gasteiger partial charge in [0, 0.05) is 20.2 Å². The molecule has 2 N–H and O–H groups in total. The van der Waals surface area contributed by atoms with Crippen molar-refractivity contribution in [2.75, 3.05) is 26.8 Å². The zero-order valence-electron chi connectivity index (χ0n) is 10.5. The monoisotopic (exact) mass is 236 g/mol. The molecule has 0 aliphatic rings. The summed E-state index contributed by atoms with van der Waals surface area (Å²) in [5.74, 6) is -0.00404. The molecule has 1 aromatic rings. The Kier molecular flexibility index (Phi) is 6.29. The van der Waals surface area contributed by atoms with Crippen LogP contribution in [0.15, 0.2) is 24.3 Å². The van der Waals surface area contributed by atoms with Gasteiger partial charge in [0.25, 0.3) is 0 Å². The lowest BCUT2D eigenvalue weighted by Crippen LogP contribution is -2.35. The molecule has 94 valence electrons.